The Labute approximate surface area is 123 Å². The second-order valence-electron chi connectivity index (χ2n) is 5.21. The Morgan fingerprint density at radius 2 is 1.76 bits per heavy atom. The van der Waals surface area contributed by atoms with E-state index in [4.69, 9.17) is 10.8 Å². The molecule has 0 bridgehead atoms. The third-order valence-corrected chi connectivity index (χ3v) is 3.34. The molecule has 0 aromatic heterocycles. The Bertz CT molecular complexity index is 695. The largest absolute Gasteiger partial charge is 0.480 e. The highest BCUT2D eigenvalue weighted by Crippen LogP contribution is 2.23. The minimum absolute atomic E-state index is 0.223. The molecule has 0 heterocycles. The van der Waals surface area contributed by atoms with Gasteiger partial charge in [-0.2, -0.15) is 0 Å². The average molecular weight is 286 g/mol. The molecule has 0 aliphatic heterocycles. The van der Waals surface area contributed by atoms with Crippen molar-refractivity contribution in [3.63, 3.8) is 0 Å². The minimum atomic E-state index is -1.04. The van der Waals surface area contributed by atoms with Crippen LogP contribution in [0, 0.1) is 0 Å². The van der Waals surface area contributed by atoms with Crippen LogP contribution in [0.5, 0.6) is 0 Å². The Morgan fingerprint density at radius 3 is 2.29 bits per heavy atom. The highest BCUT2D eigenvalue weighted by atomic mass is 16.4. The Kier molecular flexibility index (Phi) is 4.12. The second-order valence-corrected chi connectivity index (χ2v) is 5.21. The number of carboxylic acid groups (broad SMARTS) is 1. The molecule has 0 unspecified atom stereocenters. The lowest BCUT2D eigenvalue weighted by atomic mass is 10.0. The van der Waals surface area contributed by atoms with Gasteiger partial charge in [-0.25, -0.2) is 0 Å². The van der Waals surface area contributed by atoms with Crippen LogP contribution in [0.15, 0.2) is 36.4 Å². The van der Waals surface area contributed by atoms with Crippen molar-refractivity contribution in [1.82, 2.24) is 4.90 Å². The zero-order chi connectivity index (χ0) is 15.6. The van der Waals surface area contributed by atoms with Gasteiger partial charge in [0.25, 0.3) is 5.91 Å². The highest BCUT2D eigenvalue weighted by molar-refractivity contribution is 6.04. The van der Waals surface area contributed by atoms with E-state index in [-0.39, 0.29) is 18.5 Å². The SMILES string of the molecule is CC(C)N(CC(=O)O)C(=O)c1cc2ccccc2cc1N. The summed E-state index contributed by atoms with van der Waals surface area (Å²) in [6, 6.07) is 10.8. The Balaban J connectivity index is 2.46. The van der Waals surface area contributed by atoms with Crippen molar-refractivity contribution in [3.8, 4) is 0 Å². The minimum Gasteiger partial charge on any atom is -0.480 e. The van der Waals surface area contributed by atoms with Gasteiger partial charge in [-0.1, -0.05) is 24.3 Å². The molecule has 2 aromatic rings. The van der Waals surface area contributed by atoms with E-state index in [1.54, 1.807) is 26.0 Å². The van der Waals surface area contributed by atoms with Gasteiger partial charge in [-0.15, -0.1) is 0 Å². The number of carbonyl (C=O) groups is 2. The van der Waals surface area contributed by atoms with Gasteiger partial charge in [0.05, 0.1) is 5.56 Å². The number of carbonyl (C=O) groups excluding carboxylic acids is 1. The van der Waals surface area contributed by atoms with Gasteiger partial charge in [0.15, 0.2) is 0 Å². The zero-order valence-electron chi connectivity index (χ0n) is 12.0. The van der Waals surface area contributed by atoms with Gasteiger partial charge in [-0.3, -0.25) is 9.59 Å². The van der Waals surface area contributed by atoms with E-state index in [0.29, 0.717) is 11.3 Å². The van der Waals surface area contributed by atoms with Gasteiger partial charge < -0.3 is 15.7 Å². The maximum absolute atomic E-state index is 12.6. The first-order valence-electron chi connectivity index (χ1n) is 6.71. The number of hydrogen-bond acceptors (Lipinski definition) is 3. The van der Waals surface area contributed by atoms with Crippen LogP contribution < -0.4 is 5.73 Å². The van der Waals surface area contributed by atoms with Gasteiger partial charge >= 0.3 is 5.97 Å². The number of nitrogens with two attached hydrogens (primary N) is 1. The third kappa shape index (κ3) is 3.13. The third-order valence-electron chi connectivity index (χ3n) is 3.34. The van der Waals surface area contributed by atoms with Gasteiger partial charge in [0.1, 0.15) is 6.54 Å². The van der Waals surface area contributed by atoms with Crippen LogP contribution in [0.25, 0.3) is 10.8 Å². The van der Waals surface area contributed by atoms with E-state index in [9.17, 15) is 9.59 Å². The molecular weight excluding hydrogens is 268 g/mol. The summed E-state index contributed by atoms with van der Waals surface area (Å²) in [6.45, 7) is 3.21. The second kappa shape index (κ2) is 5.83. The van der Waals surface area contributed by atoms with Crippen molar-refractivity contribution in [2.24, 2.45) is 0 Å². The standard InChI is InChI=1S/C16H18N2O3/c1-10(2)18(9-15(19)20)16(21)13-7-11-5-3-4-6-12(11)8-14(13)17/h3-8,10H,9,17H2,1-2H3,(H,19,20). The number of carboxylic acids is 1. The van der Waals surface area contributed by atoms with Crippen LogP contribution >= 0.6 is 0 Å². The summed E-state index contributed by atoms with van der Waals surface area (Å²) in [6.07, 6.45) is 0. The average Bonchev–Trinajstić information content (AvgIpc) is 2.42. The van der Waals surface area contributed by atoms with E-state index in [0.717, 1.165) is 10.8 Å². The van der Waals surface area contributed by atoms with Crippen molar-refractivity contribution in [1.29, 1.82) is 0 Å². The monoisotopic (exact) mass is 286 g/mol. The first kappa shape index (κ1) is 14.8. The maximum atomic E-state index is 12.6. The molecule has 21 heavy (non-hydrogen) atoms. The molecule has 0 spiro atoms. The predicted molar refractivity (Wildman–Crippen MR) is 82.2 cm³/mol. The number of fused-ring (bicyclic) bond motifs is 1. The molecule has 5 heteroatoms. The van der Waals surface area contributed by atoms with Crippen LogP contribution in [0.3, 0.4) is 0 Å². The topological polar surface area (TPSA) is 83.6 Å². The van der Waals surface area contributed by atoms with Crippen molar-refractivity contribution in [2.75, 3.05) is 12.3 Å². The van der Waals surface area contributed by atoms with Crippen LogP contribution in [0.1, 0.15) is 24.2 Å². The van der Waals surface area contributed by atoms with E-state index in [1.165, 1.54) is 4.90 Å². The van der Waals surface area contributed by atoms with Crippen molar-refractivity contribution in [2.45, 2.75) is 19.9 Å². The number of nitrogens with zero attached hydrogens (tertiary/aromatic N) is 1. The normalized spacial score (nSPS) is 10.8. The summed E-state index contributed by atoms with van der Waals surface area (Å²) in [5, 5.41) is 10.8. The molecule has 1 amide bonds. The van der Waals surface area contributed by atoms with Crippen LogP contribution in [-0.4, -0.2) is 34.5 Å². The lowest BCUT2D eigenvalue weighted by Crippen LogP contribution is -2.40. The molecule has 0 radical (unpaired) electrons. The fourth-order valence-electron chi connectivity index (χ4n) is 2.23. The number of aliphatic carboxylic acids is 1. The lowest BCUT2D eigenvalue weighted by Gasteiger charge is -2.25. The van der Waals surface area contributed by atoms with E-state index in [2.05, 4.69) is 0 Å². The summed E-state index contributed by atoms with van der Waals surface area (Å²) >= 11 is 0. The first-order chi connectivity index (χ1) is 9.90. The van der Waals surface area contributed by atoms with Crippen molar-refractivity contribution >= 4 is 28.3 Å². The summed E-state index contributed by atoms with van der Waals surface area (Å²) in [5.41, 5.74) is 6.65. The Morgan fingerprint density at radius 1 is 1.19 bits per heavy atom. The molecule has 0 aliphatic carbocycles. The molecular formula is C16H18N2O3. The fourth-order valence-corrected chi connectivity index (χ4v) is 2.23. The Hall–Kier alpha value is -2.56. The summed E-state index contributed by atoms with van der Waals surface area (Å²) in [5.74, 6) is -1.41. The molecule has 0 saturated carbocycles. The van der Waals surface area contributed by atoms with Crippen LogP contribution in [0.4, 0.5) is 5.69 Å². The van der Waals surface area contributed by atoms with E-state index >= 15 is 0 Å². The number of nitrogen functional groups attached to an aromatic ring is 1. The smallest absolute Gasteiger partial charge is 0.323 e. The molecule has 0 atom stereocenters. The molecule has 0 fully saturated rings. The molecule has 0 aliphatic rings. The summed E-state index contributed by atoms with van der Waals surface area (Å²) in [7, 11) is 0. The van der Waals surface area contributed by atoms with Gasteiger partial charge in [0.2, 0.25) is 0 Å². The number of hydrogen-bond donors (Lipinski definition) is 2. The number of benzene rings is 2. The van der Waals surface area contributed by atoms with Gasteiger partial charge in [0, 0.05) is 11.7 Å². The predicted octanol–water partition coefficient (Wildman–Crippen LogP) is 2.36. The summed E-state index contributed by atoms with van der Waals surface area (Å²) < 4.78 is 0. The highest BCUT2D eigenvalue weighted by Gasteiger charge is 2.23. The molecule has 0 saturated heterocycles. The molecule has 2 rings (SSSR count). The van der Waals surface area contributed by atoms with E-state index < -0.39 is 5.97 Å². The fraction of sp³-hybridized carbons (Fsp3) is 0.250. The van der Waals surface area contributed by atoms with Crippen molar-refractivity contribution < 1.29 is 14.7 Å². The van der Waals surface area contributed by atoms with Crippen LogP contribution in [-0.2, 0) is 4.79 Å². The number of amides is 1. The van der Waals surface area contributed by atoms with E-state index in [1.807, 2.05) is 24.3 Å². The van der Waals surface area contributed by atoms with Crippen LogP contribution in [0.2, 0.25) is 0 Å². The lowest BCUT2D eigenvalue weighted by molar-refractivity contribution is -0.138. The molecule has 2 aromatic carbocycles. The quantitative estimate of drug-likeness (QED) is 0.845. The molecule has 3 N–H and O–H groups in total. The molecule has 5 nitrogen and oxygen atoms in total. The maximum Gasteiger partial charge on any atom is 0.323 e. The number of anilines is 1. The van der Waals surface area contributed by atoms with Crippen molar-refractivity contribution in [3.05, 3.63) is 42.0 Å². The number of rotatable bonds is 4. The zero-order valence-corrected chi connectivity index (χ0v) is 12.0. The first-order valence-corrected chi connectivity index (χ1v) is 6.71. The van der Waals surface area contributed by atoms with Gasteiger partial charge in [-0.05, 0) is 36.8 Å². The molecule has 110 valence electrons. The summed E-state index contributed by atoms with van der Waals surface area (Å²) in [4.78, 5) is 24.8.